The lowest BCUT2D eigenvalue weighted by Gasteiger charge is -2.30. The number of hydrogen-bond donors (Lipinski definition) is 1. The van der Waals surface area contributed by atoms with E-state index in [-0.39, 0.29) is 23.5 Å². The highest BCUT2D eigenvalue weighted by Crippen LogP contribution is 2.36. The summed E-state index contributed by atoms with van der Waals surface area (Å²) in [5.41, 5.74) is 2.58. The molecule has 0 bridgehead atoms. The Morgan fingerprint density at radius 2 is 2.09 bits per heavy atom. The Labute approximate surface area is 138 Å². The molecule has 1 fully saturated rings. The van der Waals surface area contributed by atoms with Gasteiger partial charge >= 0.3 is 0 Å². The fourth-order valence-corrected chi connectivity index (χ4v) is 4.55. The molecule has 6 heteroatoms. The van der Waals surface area contributed by atoms with E-state index in [0.29, 0.717) is 5.69 Å². The zero-order chi connectivity index (χ0) is 16.6. The van der Waals surface area contributed by atoms with Gasteiger partial charge in [-0.3, -0.25) is 9.52 Å². The first-order valence-electron chi connectivity index (χ1n) is 8.30. The third-order valence-electron chi connectivity index (χ3n) is 4.22. The van der Waals surface area contributed by atoms with Crippen LogP contribution in [0.1, 0.15) is 38.7 Å². The molecule has 0 radical (unpaired) electrons. The van der Waals surface area contributed by atoms with Gasteiger partial charge in [-0.15, -0.1) is 0 Å². The molecule has 126 valence electrons. The van der Waals surface area contributed by atoms with Gasteiger partial charge in [0.05, 0.1) is 5.75 Å². The van der Waals surface area contributed by atoms with Gasteiger partial charge in [0, 0.05) is 23.8 Å². The van der Waals surface area contributed by atoms with Gasteiger partial charge in [-0.2, -0.15) is 0 Å². The summed E-state index contributed by atoms with van der Waals surface area (Å²) in [7, 11) is -3.32. The number of carbonyl (C=O) groups is 1. The molecule has 23 heavy (non-hydrogen) atoms. The quantitative estimate of drug-likeness (QED) is 0.899. The van der Waals surface area contributed by atoms with Gasteiger partial charge in [0.1, 0.15) is 0 Å². The average Bonchev–Trinajstić information content (AvgIpc) is 3.28. The number of carbonyl (C=O) groups excluding carboxylic acids is 1. The zero-order valence-corrected chi connectivity index (χ0v) is 14.5. The molecule has 2 aliphatic rings. The second-order valence-corrected chi connectivity index (χ2v) is 8.76. The first kappa shape index (κ1) is 16.3. The standard InChI is InChI=1S/C17H24N2O3S/c1-12(2)11-23(21,22)18-15-7-8-16-14(10-15)4-3-9-19(16)17(20)13-5-6-13/h7-8,10,12-13,18H,3-6,9,11H2,1-2H3. The number of nitrogens with zero attached hydrogens (tertiary/aromatic N) is 1. The van der Waals surface area contributed by atoms with Crippen molar-refractivity contribution < 1.29 is 13.2 Å². The van der Waals surface area contributed by atoms with Crippen molar-refractivity contribution in [1.29, 1.82) is 0 Å². The summed E-state index contributed by atoms with van der Waals surface area (Å²) in [4.78, 5) is 14.3. The van der Waals surface area contributed by atoms with E-state index in [9.17, 15) is 13.2 Å². The van der Waals surface area contributed by atoms with Crippen LogP contribution in [0.15, 0.2) is 18.2 Å². The lowest BCUT2D eigenvalue weighted by molar-refractivity contribution is -0.119. The molecule has 5 nitrogen and oxygen atoms in total. The maximum Gasteiger partial charge on any atom is 0.232 e. The van der Waals surface area contributed by atoms with Crippen LogP contribution in [0.5, 0.6) is 0 Å². The topological polar surface area (TPSA) is 66.5 Å². The molecule has 0 spiro atoms. The van der Waals surface area contributed by atoms with Gasteiger partial charge in [-0.05, 0) is 55.4 Å². The van der Waals surface area contributed by atoms with Crippen LogP contribution >= 0.6 is 0 Å². The van der Waals surface area contributed by atoms with E-state index in [1.165, 1.54) is 0 Å². The van der Waals surface area contributed by atoms with E-state index in [4.69, 9.17) is 0 Å². The van der Waals surface area contributed by atoms with Crippen LogP contribution in [-0.2, 0) is 21.2 Å². The first-order valence-corrected chi connectivity index (χ1v) is 9.96. The molecular formula is C17H24N2O3S. The lowest BCUT2D eigenvalue weighted by Crippen LogP contribution is -2.36. The van der Waals surface area contributed by atoms with Crippen molar-refractivity contribution in [1.82, 2.24) is 0 Å². The summed E-state index contributed by atoms with van der Waals surface area (Å²) in [6.07, 6.45) is 3.80. The minimum Gasteiger partial charge on any atom is -0.312 e. The highest BCUT2D eigenvalue weighted by atomic mass is 32.2. The van der Waals surface area contributed by atoms with E-state index in [1.54, 1.807) is 6.07 Å². The molecule has 1 aromatic rings. The van der Waals surface area contributed by atoms with Crippen molar-refractivity contribution >= 4 is 27.3 Å². The number of hydrogen-bond acceptors (Lipinski definition) is 3. The Hall–Kier alpha value is -1.56. The number of rotatable bonds is 5. The fraction of sp³-hybridized carbons (Fsp3) is 0.588. The van der Waals surface area contributed by atoms with Crippen LogP contribution in [0.3, 0.4) is 0 Å². The van der Waals surface area contributed by atoms with Crippen LogP contribution in [0, 0.1) is 11.8 Å². The number of fused-ring (bicyclic) bond motifs is 1. The summed E-state index contributed by atoms with van der Waals surface area (Å²) in [6.45, 7) is 4.53. The normalized spacial score (nSPS) is 18.0. The van der Waals surface area contributed by atoms with Crippen LogP contribution in [0.25, 0.3) is 0 Å². The van der Waals surface area contributed by atoms with Gasteiger partial charge in [0.15, 0.2) is 0 Å². The summed E-state index contributed by atoms with van der Waals surface area (Å²) in [5.74, 6) is 0.608. The maximum atomic E-state index is 12.4. The molecule has 1 aromatic carbocycles. The van der Waals surface area contributed by atoms with E-state index in [1.807, 2.05) is 30.9 Å². The monoisotopic (exact) mass is 336 g/mol. The number of amides is 1. The van der Waals surface area contributed by atoms with Crippen molar-refractivity contribution in [3.05, 3.63) is 23.8 Å². The highest BCUT2D eigenvalue weighted by Gasteiger charge is 2.35. The Kier molecular flexibility index (Phi) is 4.36. The largest absolute Gasteiger partial charge is 0.312 e. The van der Waals surface area contributed by atoms with E-state index in [0.717, 1.165) is 43.5 Å². The summed E-state index contributed by atoms with van der Waals surface area (Å²) >= 11 is 0. The molecular weight excluding hydrogens is 312 g/mol. The predicted molar refractivity (Wildman–Crippen MR) is 92.1 cm³/mol. The SMILES string of the molecule is CC(C)CS(=O)(=O)Nc1ccc2c(c1)CCCN2C(=O)C1CC1. The molecule has 1 heterocycles. The Bertz CT molecular complexity index is 709. The number of benzene rings is 1. The number of anilines is 2. The molecule has 1 N–H and O–H groups in total. The fourth-order valence-electron chi connectivity index (χ4n) is 3.10. The Balaban J connectivity index is 1.80. The minimum absolute atomic E-state index is 0.0804. The molecule has 0 atom stereocenters. The van der Waals surface area contributed by atoms with Gasteiger partial charge < -0.3 is 4.90 Å². The second-order valence-electron chi connectivity index (χ2n) is 6.99. The molecule has 1 aliphatic carbocycles. The highest BCUT2D eigenvalue weighted by molar-refractivity contribution is 7.92. The third-order valence-corrected chi connectivity index (χ3v) is 5.87. The smallest absolute Gasteiger partial charge is 0.232 e. The van der Waals surface area contributed by atoms with Crippen molar-refractivity contribution in [3.63, 3.8) is 0 Å². The summed E-state index contributed by atoms with van der Waals surface area (Å²) < 4.78 is 26.8. The van der Waals surface area contributed by atoms with Gasteiger partial charge in [-0.25, -0.2) is 8.42 Å². The van der Waals surface area contributed by atoms with Crippen LogP contribution in [0.2, 0.25) is 0 Å². The zero-order valence-electron chi connectivity index (χ0n) is 13.7. The lowest BCUT2D eigenvalue weighted by atomic mass is 10.0. The van der Waals surface area contributed by atoms with E-state index < -0.39 is 10.0 Å². The molecule has 3 rings (SSSR count). The molecule has 1 amide bonds. The summed E-state index contributed by atoms with van der Waals surface area (Å²) in [5, 5.41) is 0. The minimum atomic E-state index is -3.32. The van der Waals surface area contributed by atoms with Crippen molar-refractivity contribution in [2.75, 3.05) is 21.9 Å². The molecule has 1 aliphatic heterocycles. The molecule has 0 unspecified atom stereocenters. The average molecular weight is 336 g/mol. The predicted octanol–water partition coefficient (Wildman–Crippen LogP) is 2.77. The van der Waals surface area contributed by atoms with Crippen molar-refractivity contribution in [2.45, 2.75) is 39.5 Å². The van der Waals surface area contributed by atoms with Gasteiger partial charge in [0.25, 0.3) is 0 Å². The Morgan fingerprint density at radius 1 is 1.35 bits per heavy atom. The number of aryl methyl sites for hydroxylation is 1. The van der Waals surface area contributed by atoms with Crippen LogP contribution in [0.4, 0.5) is 11.4 Å². The summed E-state index contributed by atoms with van der Waals surface area (Å²) in [6, 6.07) is 5.51. The van der Waals surface area contributed by atoms with Crippen LogP contribution in [-0.4, -0.2) is 26.6 Å². The molecule has 0 aromatic heterocycles. The second kappa shape index (κ2) is 6.15. The third kappa shape index (κ3) is 3.86. The van der Waals surface area contributed by atoms with Gasteiger partial charge in [-0.1, -0.05) is 13.8 Å². The first-order chi connectivity index (χ1) is 10.9. The molecule has 0 saturated heterocycles. The maximum absolute atomic E-state index is 12.4. The van der Waals surface area contributed by atoms with E-state index in [2.05, 4.69) is 4.72 Å². The van der Waals surface area contributed by atoms with Gasteiger partial charge in [0.2, 0.25) is 15.9 Å². The molecule has 1 saturated carbocycles. The van der Waals surface area contributed by atoms with Crippen molar-refractivity contribution in [3.8, 4) is 0 Å². The Morgan fingerprint density at radius 3 is 2.74 bits per heavy atom. The number of nitrogens with one attached hydrogen (secondary N) is 1. The van der Waals surface area contributed by atoms with Crippen LogP contribution < -0.4 is 9.62 Å². The van der Waals surface area contributed by atoms with E-state index >= 15 is 0 Å². The number of sulfonamides is 1. The van der Waals surface area contributed by atoms with Crippen molar-refractivity contribution in [2.24, 2.45) is 11.8 Å².